The molecule has 1 atom stereocenters. The Morgan fingerprint density at radius 3 is 2.75 bits per heavy atom. The van der Waals surface area contributed by atoms with Crippen molar-refractivity contribution < 1.29 is 17.9 Å². The quantitative estimate of drug-likeness (QED) is 0.793. The lowest BCUT2D eigenvalue weighted by Gasteiger charge is -2.23. The van der Waals surface area contributed by atoms with Gasteiger partial charge in [-0.2, -0.15) is 0 Å². The fourth-order valence-corrected chi connectivity index (χ4v) is 2.98. The molecular formula is C13H20N2O4S. The Morgan fingerprint density at radius 1 is 1.40 bits per heavy atom. The first-order chi connectivity index (χ1) is 9.62. The minimum Gasteiger partial charge on any atom is -0.494 e. The maximum Gasteiger partial charge on any atom is 0.240 e. The summed E-state index contributed by atoms with van der Waals surface area (Å²) in [5, 5.41) is 3.16. The number of sulfonamides is 1. The van der Waals surface area contributed by atoms with Gasteiger partial charge in [0.2, 0.25) is 10.0 Å². The minimum atomic E-state index is -3.50. The third-order valence-electron chi connectivity index (χ3n) is 2.95. The summed E-state index contributed by atoms with van der Waals surface area (Å²) in [6.45, 7) is 4.77. The summed E-state index contributed by atoms with van der Waals surface area (Å²) in [6.07, 6.45) is -0.124. The summed E-state index contributed by atoms with van der Waals surface area (Å²) < 4.78 is 37.5. The molecule has 2 rings (SSSR count). The molecule has 1 unspecified atom stereocenters. The number of rotatable bonds is 6. The lowest BCUT2D eigenvalue weighted by Crippen LogP contribution is -2.45. The Morgan fingerprint density at radius 2 is 2.15 bits per heavy atom. The molecule has 0 spiro atoms. The lowest BCUT2D eigenvalue weighted by atomic mass is 10.3. The highest BCUT2D eigenvalue weighted by Gasteiger charge is 2.19. The van der Waals surface area contributed by atoms with Gasteiger partial charge in [-0.05, 0) is 31.2 Å². The Bertz CT molecular complexity index is 510. The van der Waals surface area contributed by atoms with Crippen molar-refractivity contribution in [3.8, 4) is 5.75 Å². The number of morpholine rings is 1. The van der Waals surface area contributed by atoms with Crippen LogP contribution >= 0.6 is 0 Å². The van der Waals surface area contributed by atoms with Gasteiger partial charge in [-0.15, -0.1) is 0 Å². The fourth-order valence-electron chi connectivity index (χ4n) is 1.92. The summed E-state index contributed by atoms with van der Waals surface area (Å²) in [6, 6.07) is 6.37. The van der Waals surface area contributed by atoms with Crippen LogP contribution in [0, 0.1) is 0 Å². The third kappa shape index (κ3) is 4.17. The Kier molecular flexibility index (Phi) is 5.36. The Hall–Kier alpha value is -1.15. The van der Waals surface area contributed by atoms with E-state index in [0.717, 1.165) is 6.54 Å². The number of hydrogen-bond acceptors (Lipinski definition) is 5. The summed E-state index contributed by atoms with van der Waals surface area (Å²) in [7, 11) is -3.50. The van der Waals surface area contributed by atoms with Crippen LogP contribution in [-0.4, -0.2) is 47.4 Å². The molecule has 0 aromatic heterocycles. The largest absolute Gasteiger partial charge is 0.494 e. The first-order valence-corrected chi connectivity index (χ1v) is 8.15. The standard InChI is InChI=1S/C13H20N2O4S/c1-2-18-11-3-5-13(6-4-11)20(16,17)15-10-12-9-14-7-8-19-12/h3-6,12,14-15H,2,7-10H2,1H3. The number of nitrogens with one attached hydrogen (secondary N) is 2. The molecule has 0 amide bonds. The Labute approximate surface area is 119 Å². The van der Waals surface area contributed by atoms with Crippen LogP contribution in [0.3, 0.4) is 0 Å². The molecule has 6 nitrogen and oxygen atoms in total. The van der Waals surface area contributed by atoms with Crippen LogP contribution in [0.2, 0.25) is 0 Å². The number of ether oxygens (including phenoxy) is 2. The molecule has 112 valence electrons. The molecule has 1 aliphatic heterocycles. The minimum absolute atomic E-state index is 0.124. The second kappa shape index (κ2) is 7.03. The predicted molar refractivity (Wildman–Crippen MR) is 75.4 cm³/mol. The smallest absolute Gasteiger partial charge is 0.240 e. The monoisotopic (exact) mass is 300 g/mol. The van der Waals surface area contributed by atoms with Crippen molar-refractivity contribution in [1.82, 2.24) is 10.0 Å². The predicted octanol–water partition coefficient (Wildman–Crippen LogP) is 0.352. The highest BCUT2D eigenvalue weighted by Crippen LogP contribution is 2.15. The van der Waals surface area contributed by atoms with Crippen molar-refractivity contribution in [2.75, 3.05) is 32.8 Å². The van der Waals surface area contributed by atoms with E-state index in [-0.39, 0.29) is 17.5 Å². The second-order valence-corrected chi connectivity index (χ2v) is 6.22. The van der Waals surface area contributed by atoms with Crippen LogP contribution in [0.15, 0.2) is 29.2 Å². The maximum atomic E-state index is 12.1. The summed E-state index contributed by atoms with van der Waals surface area (Å²) in [5.74, 6) is 0.659. The van der Waals surface area contributed by atoms with Crippen molar-refractivity contribution in [3.05, 3.63) is 24.3 Å². The maximum absolute atomic E-state index is 12.1. The molecule has 0 saturated carbocycles. The molecule has 7 heteroatoms. The van der Waals surface area contributed by atoms with Crippen LogP contribution in [0.1, 0.15) is 6.92 Å². The zero-order valence-electron chi connectivity index (χ0n) is 11.5. The van der Waals surface area contributed by atoms with Crippen LogP contribution in [0.5, 0.6) is 5.75 Å². The average molecular weight is 300 g/mol. The molecule has 0 aliphatic carbocycles. The third-order valence-corrected chi connectivity index (χ3v) is 4.39. The van der Waals surface area contributed by atoms with E-state index in [1.807, 2.05) is 6.92 Å². The summed E-state index contributed by atoms with van der Waals surface area (Å²) in [4.78, 5) is 0.227. The van der Waals surface area contributed by atoms with Crippen LogP contribution in [0.25, 0.3) is 0 Å². The molecule has 1 saturated heterocycles. The van der Waals surface area contributed by atoms with E-state index in [9.17, 15) is 8.42 Å². The van der Waals surface area contributed by atoms with Crippen molar-refractivity contribution in [1.29, 1.82) is 0 Å². The van der Waals surface area contributed by atoms with Crippen molar-refractivity contribution in [2.24, 2.45) is 0 Å². The topological polar surface area (TPSA) is 76.7 Å². The van der Waals surface area contributed by atoms with Gasteiger partial charge in [0.1, 0.15) is 5.75 Å². The van der Waals surface area contributed by atoms with E-state index >= 15 is 0 Å². The highest BCUT2D eigenvalue weighted by molar-refractivity contribution is 7.89. The van der Waals surface area contributed by atoms with Crippen molar-refractivity contribution in [3.63, 3.8) is 0 Å². The van der Waals surface area contributed by atoms with Crippen LogP contribution < -0.4 is 14.8 Å². The van der Waals surface area contributed by atoms with Gasteiger partial charge in [0.25, 0.3) is 0 Å². The zero-order chi connectivity index (χ0) is 14.4. The van der Waals surface area contributed by atoms with Gasteiger partial charge in [-0.25, -0.2) is 13.1 Å². The first-order valence-electron chi connectivity index (χ1n) is 6.66. The molecule has 20 heavy (non-hydrogen) atoms. The van der Waals surface area contributed by atoms with E-state index in [1.165, 1.54) is 12.1 Å². The first kappa shape index (κ1) is 15.2. The van der Waals surface area contributed by atoms with E-state index in [2.05, 4.69) is 10.0 Å². The summed E-state index contributed by atoms with van der Waals surface area (Å²) in [5.41, 5.74) is 0. The van der Waals surface area contributed by atoms with Crippen LogP contribution in [0.4, 0.5) is 0 Å². The molecule has 1 fully saturated rings. The number of benzene rings is 1. The molecule has 0 bridgehead atoms. The normalized spacial score (nSPS) is 19.8. The molecule has 0 radical (unpaired) electrons. The second-order valence-electron chi connectivity index (χ2n) is 4.45. The van der Waals surface area contributed by atoms with Gasteiger partial charge < -0.3 is 14.8 Å². The SMILES string of the molecule is CCOc1ccc(S(=O)(=O)NCC2CNCCO2)cc1. The van der Waals surface area contributed by atoms with E-state index < -0.39 is 10.0 Å². The van der Waals surface area contributed by atoms with Gasteiger partial charge in [-0.3, -0.25) is 0 Å². The van der Waals surface area contributed by atoms with Gasteiger partial charge in [-0.1, -0.05) is 0 Å². The molecular weight excluding hydrogens is 280 g/mol. The van der Waals surface area contributed by atoms with Crippen molar-refractivity contribution >= 4 is 10.0 Å². The van der Waals surface area contributed by atoms with Crippen LogP contribution in [-0.2, 0) is 14.8 Å². The Balaban J connectivity index is 1.94. The highest BCUT2D eigenvalue weighted by atomic mass is 32.2. The zero-order valence-corrected chi connectivity index (χ0v) is 12.3. The van der Waals surface area contributed by atoms with E-state index in [4.69, 9.17) is 9.47 Å². The fraction of sp³-hybridized carbons (Fsp3) is 0.538. The lowest BCUT2D eigenvalue weighted by molar-refractivity contribution is 0.0324. The van der Waals surface area contributed by atoms with E-state index in [0.29, 0.717) is 25.5 Å². The summed E-state index contributed by atoms with van der Waals surface area (Å²) >= 11 is 0. The molecule has 1 aliphatic rings. The van der Waals surface area contributed by atoms with E-state index in [1.54, 1.807) is 12.1 Å². The molecule has 2 N–H and O–H groups in total. The molecule has 1 aromatic carbocycles. The van der Waals surface area contributed by atoms with Gasteiger partial charge in [0.05, 0.1) is 24.2 Å². The van der Waals surface area contributed by atoms with Gasteiger partial charge in [0, 0.05) is 19.6 Å². The average Bonchev–Trinajstić information content (AvgIpc) is 2.47. The van der Waals surface area contributed by atoms with Gasteiger partial charge in [0.15, 0.2) is 0 Å². The molecule has 1 heterocycles. The molecule has 1 aromatic rings. The van der Waals surface area contributed by atoms with Gasteiger partial charge >= 0.3 is 0 Å². The van der Waals surface area contributed by atoms with Crippen molar-refractivity contribution in [2.45, 2.75) is 17.9 Å². The number of hydrogen-bond donors (Lipinski definition) is 2.